The molecule has 0 amide bonds. The molecule has 1 aromatic carbocycles. The number of hydrogen-bond donors (Lipinski definition) is 1. The first-order chi connectivity index (χ1) is 9.43. The van der Waals surface area contributed by atoms with Gasteiger partial charge in [0.25, 0.3) is 0 Å². The molecule has 1 heterocycles. The van der Waals surface area contributed by atoms with Crippen molar-refractivity contribution in [1.82, 2.24) is 14.9 Å². The summed E-state index contributed by atoms with van der Waals surface area (Å²) in [4.78, 5) is 0.673. The Kier molecular flexibility index (Phi) is 4.34. The summed E-state index contributed by atoms with van der Waals surface area (Å²) in [5.41, 5.74) is -0.943. The molecule has 1 aromatic heterocycles. The molecule has 0 radical (unpaired) electrons. The van der Waals surface area contributed by atoms with Crippen molar-refractivity contribution in [3.8, 4) is 0 Å². The first-order valence-electron chi connectivity index (χ1n) is 5.80. The second-order valence-electron chi connectivity index (χ2n) is 4.05. The van der Waals surface area contributed by atoms with E-state index in [0.717, 1.165) is 23.7 Å². The zero-order chi connectivity index (χ0) is 14.8. The first-order valence-corrected chi connectivity index (χ1v) is 6.58. The van der Waals surface area contributed by atoms with Crippen molar-refractivity contribution in [2.45, 2.75) is 19.1 Å². The van der Waals surface area contributed by atoms with E-state index in [4.69, 9.17) is 0 Å². The Labute approximate surface area is 116 Å². The smallest absolute Gasteiger partial charge is 0.306 e. The molecular formula is C12H11F4N3S. The van der Waals surface area contributed by atoms with Crippen LogP contribution in [0.25, 0.3) is 0 Å². The SMILES string of the molecule is CCNC(c1ccc(F)c(C(F)(F)F)c1)c1cnns1. The lowest BCUT2D eigenvalue weighted by Crippen LogP contribution is -2.22. The lowest BCUT2D eigenvalue weighted by atomic mass is 10.0. The third kappa shape index (κ3) is 3.13. The molecule has 1 atom stereocenters. The van der Waals surface area contributed by atoms with Crippen molar-refractivity contribution < 1.29 is 17.6 Å². The highest BCUT2D eigenvalue weighted by atomic mass is 32.1. The van der Waals surface area contributed by atoms with E-state index < -0.39 is 23.6 Å². The highest BCUT2D eigenvalue weighted by molar-refractivity contribution is 7.05. The maximum atomic E-state index is 13.3. The van der Waals surface area contributed by atoms with Gasteiger partial charge in [0.15, 0.2) is 0 Å². The second-order valence-corrected chi connectivity index (χ2v) is 4.86. The summed E-state index contributed by atoms with van der Waals surface area (Å²) in [5, 5.41) is 6.71. The minimum absolute atomic E-state index is 0.326. The molecule has 108 valence electrons. The van der Waals surface area contributed by atoms with Gasteiger partial charge in [-0.05, 0) is 35.8 Å². The highest BCUT2D eigenvalue weighted by Gasteiger charge is 2.34. The number of alkyl halides is 3. The number of halogens is 4. The lowest BCUT2D eigenvalue weighted by molar-refractivity contribution is -0.140. The largest absolute Gasteiger partial charge is 0.419 e. The molecule has 20 heavy (non-hydrogen) atoms. The summed E-state index contributed by atoms with van der Waals surface area (Å²) in [6.07, 6.45) is -3.24. The minimum atomic E-state index is -4.72. The van der Waals surface area contributed by atoms with Gasteiger partial charge in [-0.2, -0.15) is 13.2 Å². The molecule has 0 saturated carbocycles. The van der Waals surface area contributed by atoms with Gasteiger partial charge in [0.05, 0.1) is 22.7 Å². The highest BCUT2D eigenvalue weighted by Crippen LogP contribution is 2.34. The van der Waals surface area contributed by atoms with Gasteiger partial charge in [-0.25, -0.2) is 4.39 Å². The lowest BCUT2D eigenvalue weighted by Gasteiger charge is -2.18. The number of aromatic nitrogens is 2. The average Bonchev–Trinajstić information content (AvgIpc) is 2.89. The molecule has 0 aliphatic carbocycles. The van der Waals surface area contributed by atoms with Crippen LogP contribution in [0, 0.1) is 5.82 Å². The van der Waals surface area contributed by atoms with Crippen molar-refractivity contribution >= 4 is 11.5 Å². The Hall–Kier alpha value is -1.54. The zero-order valence-electron chi connectivity index (χ0n) is 10.4. The van der Waals surface area contributed by atoms with E-state index in [2.05, 4.69) is 14.9 Å². The predicted molar refractivity (Wildman–Crippen MR) is 66.8 cm³/mol. The molecule has 0 bridgehead atoms. The molecule has 1 N–H and O–H groups in total. The van der Waals surface area contributed by atoms with Gasteiger partial charge in [0.1, 0.15) is 5.82 Å². The van der Waals surface area contributed by atoms with Crippen LogP contribution in [0.1, 0.15) is 29.0 Å². The fourth-order valence-electron chi connectivity index (χ4n) is 1.83. The van der Waals surface area contributed by atoms with E-state index in [-0.39, 0.29) is 0 Å². The van der Waals surface area contributed by atoms with Gasteiger partial charge in [0.2, 0.25) is 0 Å². The Morgan fingerprint density at radius 1 is 1.35 bits per heavy atom. The Morgan fingerprint density at radius 3 is 2.65 bits per heavy atom. The minimum Gasteiger partial charge on any atom is -0.306 e. The summed E-state index contributed by atoms with van der Waals surface area (Å²) < 4.78 is 55.2. The van der Waals surface area contributed by atoms with Crippen LogP contribution in [-0.4, -0.2) is 16.1 Å². The monoisotopic (exact) mass is 305 g/mol. The molecular weight excluding hydrogens is 294 g/mol. The molecule has 2 rings (SSSR count). The molecule has 3 nitrogen and oxygen atoms in total. The molecule has 0 spiro atoms. The predicted octanol–water partition coefficient (Wildman–Crippen LogP) is 3.39. The number of hydrogen-bond acceptors (Lipinski definition) is 4. The van der Waals surface area contributed by atoms with Gasteiger partial charge < -0.3 is 5.32 Å². The van der Waals surface area contributed by atoms with Gasteiger partial charge >= 0.3 is 6.18 Å². The number of rotatable bonds is 4. The van der Waals surface area contributed by atoms with E-state index in [1.807, 2.05) is 6.92 Å². The second kappa shape index (κ2) is 5.84. The van der Waals surface area contributed by atoms with Crippen LogP contribution in [0.2, 0.25) is 0 Å². The van der Waals surface area contributed by atoms with E-state index in [1.165, 1.54) is 12.3 Å². The number of benzene rings is 1. The quantitative estimate of drug-likeness (QED) is 0.880. The molecule has 0 aliphatic rings. The van der Waals surface area contributed by atoms with Crippen molar-refractivity contribution in [2.75, 3.05) is 6.54 Å². The summed E-state index contributed by atoms with van der Waals surface area (Å²) >= 11 is 1.08. The number of nitrogens with one attached hydrogen (secondary N) is 1. The van der Waals surface area contributed by atoms with E-state index in [0.29, 0.717) is 17.0 Å². The molecule has 2 aromatic rings. The topological polar surface area (TPSA) is 37.8 Å². The molecule has 0 aliphatic heterocycles. The van der Waals surface area contributed by atoms with Crippen LogP contribution >= 0.6 is 11.5 Å². The molecule has 0 saturated heterocycles. The zero-order valence-corrected chi connectivity index (χ0v) is 11.2. The third-order valence-corrected chi connectivity index (χ3v) is 3.43. The molecule has 8 heteroatoms. The van der Waals surface area contributed by atoms with Gasteiger partial charge in [0, 0.05) is 0 Å². The van der Waals surface area contributed by atoms with E-state index in [9.17, 15) is 17.6 Å². The van der Waals surface area contributed by atoms with Crippen LogP contribution in [0.5, 0.6) is 0 Å². The maximum Gasteiger partial charge on any atom is 0.419 e. The Morgan fingerprint density at radius 2 is 2.10 bits per heavy atom. The normalized spacial score (nSPS) is 13.4. The van der Waals surface area contributed by atoms with Crippen molar-refractivity contribution in [3.05, 3.63) is 46.2 Å². The van der Waals surface area contributed by atoms with Gasteiger partial charge in [-0.1, -0.05) is 17.5 Å². The summed E-state index contributed by atoms with van der Waals surface area (Å²) in [7, 11) is 0. The fraction of sp³-hybridized carbons (Fsp3) is 0.333. The maximum absolute atomic E-state index is 13.3. The van der Waals surface area contributed by atoms with Crippen LogP contribution in [-0.2, 0) is 6.18 Å². The first kappa shape index (κ1) is 14.9. The third-order valence-electron chi connectivity index (χ3n) is 2.70. The molecule has 0 fully saturated rings. The summed E-state index contributed by atoms with van der Waals surface area (Å²) in [6, 6.07) is 2.50. The Bertz CT molecular complexity index is 569. The van der Waals surface area contributed by atoms with Crippen molar-refractivity contribution in [1.29, 1.82) is 0 Å². The van der Waals surface area contributed by atoms with E-state index in [1.54, 1.807) is 0 Å². The van der Waals surface area contributed by atoms with Gasteiger partial charge in [-0.3, -0.25) is 0 Å². The average molecular weight is 305 g/mol. The van der Waals surface area contributed by atoms with Crippen molar-refractivity contribution in [3.63, 3.8) is 0 Å². The molecule has 1 unspecified atom stereocenters. The van der Waals surface area contributed by atoms with Crippen LogP contribution in [0.15, 0.2) is 24.4 Å². The summed E-state index contributed by atoms with van der Waals surface area (Å²) in [6.45, 7) is 2.37. The summed E-state index contributed by atoms with van der Waals surface area (Å²) in [5.74, 6) is -1.28. The fourth-order valence-corrected chi connectivity index (χ4v) is 2.44. The number of nitrogens with zero attached hydrogens (tertiary/aromatic N) is 2. The van der Waals surface area contributed by atoms with Crippen LogP contribution < -0.4 is 5.32 Å². The standard InChI is InChI=1S/C12H11F4N3S/c1-2-17-11(10-6-18-19-20-10)7-3-4-9(13)8(5-7)12(14,15)16/h3-6,11,17H,2H2,1H3. The van der Waals surface area contributed by atoms with Crippen LogP contribution in [0.3, 0.4) is 0 Å². The van der Waals surface area contributed by atoms with Gasteiger partial charge in [-0.15, -0.1) is 5.10 Å². The van der Waals surface area contributed by atoms with Crippen LogP contribution in [0.4, 0.5) is 17.6 Å². The van der Waals surface area contributed by atoms with E-state index >= 15 is 0 Å². The Balaban J connectivity index is 2.45. The van der Waals surface area contributed by atoms with Crippen molar-refractivity contribution in [2.24, 2.45) is 0 Å².